The van der Waals surface area contributed by atoms with E-state index in [0.29, 0.717) is 12.8 Å². The Balaban J connectivity index is 2.17. The highest BCUT2D eigenvalue weighted by Gasteiger charge is 2.44. The summed E-state index contributed by atoms with van der Waals surface area (Å²) < 4.78 is 33.4. The highest BCUT2D eigenvalue weighted by atomic mass is 19.1. The number of methoxy groups -OCH3 is 1. The maximum atomic E-state index is 15.0. The summed E-state index contributed by atoms with van der Waals surface area (Å²) in [5, 5.41) is 0. The summed E-state index contributed by atoms with van der Waals surface area (Å²) in [6, 6.07) is 2.21. The molecule has 3 rings (SSSR count). The zero-order chi connectivity index (χ0) is 18.2. The van der Waals surface area contributed by atoms with Crippen molar-refractivity contribution in [1.29, 1.82) is 0 Å². The second-order valence-corrected chi connectivity index (χ2v) is 6.07. The number of benzene rings is 1. The van der Waals surface area contributed by atoms with Gasteiger partial charge in [0.25, 0.3) is 0 Å². The molecule has 1 saturated carbocycles. The largest absolute Gasteiger partial charge is 0.465 e. The number of hydrogen-bond acceptors (Lipinski definition) is 7. The van der Waals surface area contributed by atoms with E-state index in [0.717, 1.165) is 32.4 Å². The van der Waals surface area contributed by atoms with Crippen LogP contribution in [0.15, 0.2) is 22.1 Å². The first kappa shape index (κ1) is 17.1. The molecule has 2 aliphatic rings. The van der Waals surface area contributed by atoms with E-state index in [2.05, 4.69) is 14.7 Å². The summed E-state index contributed by atoms with van der Waals surface area (Å²) in [4.78, 5) is 21.5. The molecule has 4 N–H and O–H groups in total. The lowest BCUT2D eigenvalue weighted by molar-refractivity contribution is 0.0590. The average molecular weight is 351 g/mol. The van der Waals surface area contributed by atoms with Crippen molar-refractivity contribution in [3.8, 4) is 0 Å². The Labute approximate surface area is 143 Å². The van der Waals surface area contributed by atoms with E-state index in [1.54, 1.807) is 0 Å². The topological polar surface area (TPSA) is 106 Å². The molecule has 0 saturated heterocycles. The summed E-state index contributed by atoms with van der Waals surface area (Å²) in [6.45, 7) is 0. The molecule has 0 atom stereocenters. The molecule has 1 fully saturated rings. The van der Waals surface area contributed by atoms with Gasteiger partial charge in [-0.2, -0.15) is 4.99 Å². The fourth-order valence-corrected chi connectivity index (χ4v) is 3.47. The van der Waals surface area contributed by atoms with Crippen molar-refractivity contribution >= 4 is 23.6 Å². The summed E-state index contributed by atoms with van der Waals surface area (Å²) >= 11 is 0. The van der Waals surface area contributed by atoms with Crippen LogP contribution < -0.4 is 16.4 Å². The molecule has 0 amide bonds. The van der Waals surface area contributed by atoms with Crippen LogP contribution in [0, 0.1) is 11.6 Å². The molecule has 9 heteroatoms. The molecule has 1 spiro atoms. The van der Waals surface area contributed by atoms with E-state index >= 15 is 0 Å². The van der Waals surface area contributed by atoms with E-state index < -0.39 is 28.8 Å². The Morgan fingerprint density at radius 1 is 1.24 bits per heavy atom. The van der Waals surface area contributed by atoms with Gasteiger partial charge in [-0.3, -0.25) is 4.90 Å². The zero-order valence-corrected chi connectivity index (χ0v) is 13.8. The SMILES string of the molecule is COC(=O)c1c(F)ccc(N2C(N)=NC(N)=NC23CCCCC3)c1F. The summed E-state index contributed by atoms with van der Waals surface area (Å²) in [7, 11) is 1.05. The molecule has 0 aromatic heterocycles. The summed E-state index contributed by atoms with van der Waals surface area (Å²) in [5.41, 5.74) is 10.0. The molecule has 7 nitrogen and oxygen atoms in total. The van der Waals surface area contributed by atoms with Crippen LogP contribution >= 0.6 is 0 Å². The number of anilines is 1. The minimum atomic E-state index is -1.11. The number of hydrogen-bond donors (Lipinski definition) is 2. The van der Waals surface area contributed by atoms with Crippen molar-refractivity contribution < 1.29 is 18.3 Å². The fourth-order valence-electron chi connectivity index (χ4n) is 3.47. The predicted octanol–water partition coefficient (Wildman–Crippen LogP) is 1.86. The molecule has 0 radical (unpaired) electrons. The van der Waals surface area contributed by atoms with Gasteiger partial charge < -0.3 is 16.2 Å². The number of esters is 1. The number of rotatable bonds is 2. The van der Waals surface area contributed by atoms with Crippen LogP contribution in [0.1, 0.15) is 42.5 Å². The Bertz CT molecular complexity index is 772. The molecule has 0 bridgehead atoms. The Kier molecular flexibility index (Phi) is 4.32. The maximum absolute atomic E-state index is 15.0. The van der Waals surface area contributed by atoms with Crippen molar-refractivity contribution in [3.05, 3.63) is 29.3 Å². The lowest BCUT2D eigenvalue weighted by Crippen LogP contribution is -2.58. The molecule has 134 valence electrons. The second kappa shape index (κ2) is 6.30. The van der Waals surface area contributed by atoms with E-state index in [1.807, 2.05) is 0 Å². The van der Waals surface area contributed by atoms with Crippen molar-refractivity contribution in [3.63, 3.8) is 0 Å². The van der Waals surface area contributed by atoms with Gasteiger partial charge in [-0.05, 0) is 37.8 Å². The standard InChI is InChI=1S/C16H19F2N5O2/c1-25-13(24)11-9(17)5-6-10(12(11)18)23-15(20)21-14(19)22-16(23)7-3-2-4-8-16/h5-6H,2-4,7-8H2,1H3,(H4,19,20,21,22). The predicted molar refractivity (Wildman–Crippen MR) is 89.2 cm³/mol. The Hall–Kier alpha value is -2.71. The summed E-state index contributed by atoms with van der Waals surface area (Å²) in [5.74, 6) is -3.21. The quantitative estimate of drug-likeness (QED) is 0.791. The molecule has 25 heavy (non-hydrogen) atoms. The van der Waals surface area contributed by atoms with Gasteiger partial charge >= 0.3 is 5.97 Å². The van der Waals surface area contributed by atoms with Gasteiger partial charge in [0, 0.05) is 0 Å². The average Bonchev–Trinajstić information content (AvgIpc) is 2.56. The van der Waals surface area contributed by atoms with Crippen LogP contribution in [0.5, 0.6) is 0 Å². The monoisotopic (exact) mass is 351 g/mol. The normalized spacial score (nSPS) is 19.4. The summed E-state index contributed by atoms with van der Waals surface area (Å²) in [6.07, 6.45) is 3.91. The minimum Gasteiger partial charge on any atom is -0.465 e. The highest BCUT2D eigenvalue weighted by molar-refractivity contribution is 6.06. The van der Waals surface area contributed by atoms with Gasteiger partial charge in [0.2, 0.25) is 11.9 Å². The molecule has 1 aromatic carbocycles. The smallest absolute Gasteiger partial charge is 0.343 e. The van der Waals surface area contributed by atoms with Crippen molar-refractivity contribution in [1.82, 2.24) is 0 Å². The third-order valence-corrected chi connectivity index (χ3v) is 4.55. The van der Waals surface area contributed by atoms with Crippen LogP contribution in [0.3, 0.4) is 0 Å². The molecular weight excluding hydrogens is 332 g/mol. The van der Waals surface area contributed by atoms with E-state index in [4.69, 9.17) is 11.5 Å². The van der Waals surface area contributed by atoms with Gasteiger partial charge in [0.05, 0.1) is 12.8 Å². The fraction of sp³-hybridized carbons (Fsp3) is 0.438. The number of guanidine groups is 2. The number of nitrogens with zero attached hydrogens (tertiary/aromatic N) is 3. The first-order chi connectivity index (χ1) is 11.9. The highest BCUT2D eigenvalue weighted by Crippen LogP contribution is 2.41. The molecule has 1 aliphatic heterocycles. The van der Waals surface area contributed by atoms with Crippen molar-refractivity contribution in [2.45, 2.75) is 37.8 Å². The van der Waals surface area contributed by atoms with Gasteiger partial charge in [-0.1, -0.05) is 6.42 Å². The lowest BCUT2D eigenvalue weighted by Gasteiger charge is -2.45. The Morgan fingerprint density at radius 3 is 2.56 bits per heavy atom. The molecule has 0 unspecified atom stereocenters. The van der Waals surface area contributed by atoms with Crippen LogP contribution in [-0.2, 0) is 4.74 Å². The number of nitrogens with two attached hydrogens (primary N) is 2. The molecular formula is C16H19F2N5O2. The maximum Gasteiger partial charge on any atom is 0.343 e. The van der Waals surface area contributed by atoms with Crippen molar-refractivity contribution in [2.75, 3.05) is 12.0 Å². The molecule has 1 aliphatic carbocycles. The number of ether oxygens (including phenoxy) is 1. The van der Waals surface area contributed by atoms with E-state index in [1.165, 1.54) is 11.0 Å². The second-order valence-electron chi connectivity index (χ2n) is 6.07. The van der Waals surface area contributed by atoms with Crippen LogP contribution in [0.4, 0.5) is 14.5 Å². The minimum absolute atomic E-state index is 0.0198. The van der Waals surface area contributed by atoms with Crippen LogP contribution in [-0.4, -0.2) is 30.7 Å². The van der Waals surface area contributed by atoms with Gasteiger partial charge in [0.1, 0.15) is 17.0 Å². The first-order valence-electron chi connectivity index (χ1n) is 7.95. The third-order valence-electron chi connectivity index (χ3n) is 4.55. The lowest BCUT2D eigenvalue weighted by atomic mass is 9.87. The van der Waals surface area contributed by atoms with E-state index in [9.17, 15) is 13.6 Å². The number of carbonyl (C=O) groups excluding carboxylic acids is 1. The number of halogens is 2. The zero-order valence-electron chi connectivity index (χ0n) is 13.8. The van der Waals surface area contributed by atoms with Gasteiger partial charge in [0.15, 0.2) is 5.82 Å². The number of aliphatic imine (C=N–C) groups is 2. The molecule has 1 heterocycles. The van der Waals surface area contributed by atoms with E-state index in [-0.39, 0.29) is 17.6 Å². The number of carbonyl (C=O) groups is 1. The van der Waals surface area contributed by atoms with Crippen LogP contribution in [0.25, 0.3) is 0 Å². The van der Waals surface area contributed by atoms with Gasteiger partial charge in [-0.15, -0.1) is 0 Å². The van der Waals surface area contributed by atoms with Crippen LogP contribution in [0.2, 0.25) is 0 Å². The Morgan fingerprint density at radius 2 is 1.92 bits per heavy atom. The van der Waals surface area contributed by atoms with Gasteiger partial charge in [-0.25, -0.2) is 18.6 Å². The first-order valence-corrected chi connectivity index (χ1v) is 7.95. The molecule has 1 aromatic rings. The van der Waals surface area contributed by atoms with Crippen molar-refractivity contribution in [2.24, 2.45) is 21.5 Å². The third kappa shape index (κ3) is 2.79.